The number of hydrogen-bond acceptors (Lipinski definition) is 7. The van der Waals surface area contributed by atoms with Gasteiger partial charge in [0, 0.05) is 15.8 Å². The predicted octanol–water partition coefficient (Wildman–Crippen LogP) is 5.53. The molecule has 0 saturated heterocycles. The first-order chi connectivity index (χ1) is 16.5. The van der Waals surface area contributed by atoms with Crippen LogP contribution in [0, 0.1) is 32.1 Å². The largest absolute Gasteiger partial charge is 0.316 e. The van der Waals surface area contributed by atoms with Gasteiger partial charge in [-0.1, -0.05) is 53.7 Å². The van der Waals surface area contributed by atoms with Crippen LogP contribution in [0.25, 0.3) is 27.9 Å². The summed E-state index contributed by atoms with van der Waals surface area (Å²) in [4.78, 5) is 18.6. The van der Waals surface area contributed by atoms with Gasteiger partial charge in [-0.05, 0) is 38.5 Å². The van der Waals surface area contributed by atoms with Gasteiger partial charge in [0.15, 0.2) is 10.8 Å². The second-order valence-corrected chi connectivity index (χ2v) is 10.1. The molecule has 7 nitrogen and oxygen atoms in total. The first-order valence-corrected chi connectivity index (χ1v) is 12.4. The van der Waals surface area contributed by atoms with E-state index in [-0.39, 0.29) is 11.7 Å². The SMILES string of the molecule is Cc1ccc(-c2nc3ccccc3c3nnc(SCC(=O)Nc4sc(C)c(C)c4C#N)n23)cc1. The monoisotopic (exact) mass is 484 g/mol. The average molecular weight is 485 g/mol. The van der Waals surface area contributed by atoms with Gasteiger partial charge < -0.3 is 5.32 Å². The van der Waals surface area contributed by atoms with Crippen LogP contribution < -0.4 is 5.32 Å². The first kappa shape index (κ1) is 22.1. The maximum absolute atomic E-state index is 12.7. The molecule has 0 bridgehead atoms. The van der Waals surface area contributed by atoms with Crippen LogP contribution in [0.15, 0.2) is 53.7 Å². The number of fused-ring (bicyclic) bond motifs is 3. The Bertz CT molecular complexity index is 1590. The van der Waals surface area contributed by atoms with Crippen molar-refractivity contribution in [2.75, 3.05) is 11.1 Å². The highest BCUT2D eigenvalue weighted by molar-refractivity contribution is 7.99. The molecule has 5 rings (SSSR count). The molecule has 3 aromatic heterocycles. The lowest BCUT2D eigenvalue weighted by Gasteiger charge is -2.10. The average Bonchev–Trinajstić information content (AvgIpc) is 3.38. The number of benzene rings is 2. The fourth-order valence-electron chi connectivity index (χ4n) is 3.69. The van der Waals surface area contributed by atoms with E-state index < -0.39 is 0 Å². The normalized spacial score (nSPS) is 11.1. The van der Waals surface area contributed by atoms with Gasteiger partial charge in [-0.3, -0.25) is 9.20 Å². The Labute approximate surface area is 204 Å². The van der Waals surface area contributed by atoms with Gasteiger partial charge >= 0.3 is 0 Å². The summed E-state index contributed by atoms with van der Waals surface area (Å²) in [6.07, 6.45) is 0. The lowest BCUT2D eigenvalue weighted by Crippen LogP contribution is -2.14. The highest BCUT2D eigenvalue weighted by atomic mass is 32.2. The van der Waals surface area contributed by atoms with Crippen LogP contribution in [-0.4, -0.2) is 31.2 Å². The molecule has 3 heterocycles. The van der Waals surface area contributed by atoms with Crippen molar-refractivity contribution >= 4 is 50.6 Å². The minimum atomic E-state index is -0.204. The van der Waals surface area contributed by atoms with E-state index in [1.807, 2.05) is 73.7 Å². The zero-order chi connectivity index (χ0) is 23.8. The third-order valence-corrected chi connectivity index (χ3v) is 7.66. The van der Waals surface area contributed by atoms with Crippen molar-refractivity contribution < 1.29 is 4.79 Å². The van der Waals surface area contributed by atoms with Gasteiger partial charge in [-0.25, -0.2) is 4.98 Å². The fraction of sp³-hybridized carbons (Fsp3) is 0.160. The molecule has 0 aliphatic rings. The maximum Gasteiger partial charge on any atom is 0.235 e. The summed E-state index contributed by atoms with van der Waals surface area (Å²) >= 11 is 2.70. The predicted molar refractivity (Wildman–Crippen MR) is 136 cm³/mol. The Morgan fingerprint density at radius 3 is 2.65 bits per heavy atom. The van der Waals surface area contributed by atoms with Gasteiger partial charge in [-0.15, -0.1) is 21.5 Å². The number of thioether (sulfide) groups is 1. The molecule has 168 valence electrons. The minimum Gasteiger partial charge on any atom is -0.316 e. The molecule has 1 N–H and O–H groups in total. The Kier molecular flexibility index (Phi) is 5.77. The molecular formula is C25H20N6OS2. The minimum absolute atomic E-state index is 0.127. The number of nitrogens with one attached hydrogen (secondary N) is 1. The summed E-state index contributed by atoms with van der Waals surface area (Å²) in [6, 6.07) is 18.1. The highest BCUT2D eigenvalue weighted by Crippen LogP contribution is 2.32. The van der Waals surface area contributed by atoms with Crippen LogP contribution in [0.5, 0.6) is 0 Å². The van der Waals surface area contributed by atoms with Gasteiger partial charge in [0.25, 0.3) is 0 Å². The van der Waals surface area contributed by atoms with E-state index in [1.165, 1.54) is 23.1 Å². The van der Waals surface area contributed by atoms with Crippen LogP contribution in [0.4, 0.5) is 5.00 Å². The number of carbonyl (C=O) groups is 1. The molecule has 0 aliphatic carbocycles. The number of para-hydroxylation sites is 1. The summed E-state index contributed by atoms with van der Waals surface area (Å²) in [5.74, 6) is 0.643. The molecular weight excluding hydrogens is 464 g/mol. The molecule has 0 spiro atoms. The van der Waals surface area contributed by atoms with Crippen LogP contribution in [0.2, 0.25) is 0 Å². The zero-order valence-corrected chi connectivity index (χ0v) is 20.4. The summed E-state index contributed by atoms with van der Waals surface area (Å²) in [7, 11) is 0. The van der Waals surface area contributed by atoms with E-state index in [0.717, 1.165) is 38.3 Å². The van der Waals surface area contributed by atoms with Crippen molar-refractivity contribution in [3.8, 4) is 17.5 Å². The van der Waals surface area contributed by atoms with Gasteiger partial charge in [0.05, 0.1) is 16.8 Å². The van der Waals surface area contributed by atoms with Crippen LogP contribution in [-0.2, 0) is 4.79 Å². The maximum atomic E-state index is 12.7. The quantitative estimate of drug-likeness (QED) is 0.329. The standard InChI is InChI=1S/C25H20N6OS2/c1-14-8-10-17(11-9-14)22-27-20-7-5-4-6-18(20)23-29-30-25(31(22)23)33-13-21(32)28-24-19(12-26)15(2)16(3)34-24/h4-11H,13H2,1-3H3,(H,28,32). The van der Waals surface area contributed by atoms with Crippen molar-refractivity contribution in [2.45, 2.75) is 25.9 Å². The number of nitrogens with zero attached hydrogens (tertiary/aromatic N) is 5. The molecule has 2 aromatic carbocycles. The summed E-state index contributed by atoms with van der Waals surface area (Å²) in [5, 5.41) is 23.2. The molecule has 0 atom stereocenters. The van der Waals surface area contributed by atoms with Crippen LogP contribution >= 0.6 is 23.1 Å². The second kappa shape index (κ2) is 8.89. The van der Waals surface area contributed by atoms with E-state index in [1.54, 1.807) is 0 Å². The second-order valence-electron chi connectivity index (χ2n) is 7.90. The number of hydrogen-bond donors (Lipinski definition) is 1. The zero-order valence-electron chi connectivity index (χ0n) is 18.8. The third kappa shape index (κ3) is 3.91. The Morgan fingerprint density at radius 1 is 1.12 bits per heavy atom. The van der Waals surface area contributed by atoms with Crippen molar-refractivity contribution in [1.82, 2.24) is 19.6 Å². The topological polar surface area (TPSA) is 96.0 Å². The Balaban J connectivity index is 1.50. The number of rotatable bonds is 5. The summed E-state index contributed by atoms with van der Waals surface area (Å²) in [6.45, 7) is 5.87. The molecule has 5 aromatic rings. The lowest BCUT2D eigenvalue weighted by molar-refractivity contribution is -0.113. The summed E-state index contributed by atoms with van der Waals surface area (Å²) in [5.41, 5.74) is 5.05. The number of carbonyl (C=O) groups excluding carboxylic acids is 1. The van der Waals surface area contributed by atoms with Gasteiger partial charge in [0.1, 0.15) is 16.9 Å². The lowest BCUT2D eigenvalue weighted by atomic mass is 10.1. The fourth-order valence-corrected chi connectivity index (χ4v) is 5.45. The molecule has 0 unspecified atom stereocenters. The molecule has 9 heteroatoms. The highest BCUT2D eigenvalue weighted by Gasteiger charge is 2.19. The smallest absolute Gasteiger partial charge is 0.235 e. The van der Waals surface area contributed by atoms with E-state index in [2.05, 4.69) is 21.6 Å². The molecule has 34 heavy (non-hydrogen) atoms. The number of amides is 1. The van der Waals surface area contributed by atoms with Crippen molar-refractivity contribution in [1.29, 1.82) is 5.26 Å². The number of nitriles is 1. The Morgan fingerprint density at radius 2 is 1.88 bits per heavy atom. The molecule has 1 amide bonds. The van der Waals surface area contributed by atoms with Crippen molar-refractivity contribution in [3.05, 3.63) is 70.1 Å². The number of anilines is 1. The van der Waals surface area contributed by atoms with E-state index in [0.29, 0.717) is 21.4 Å². The van der Waals surface area contributed by atoms with E-state index in [9.17, 15) is 10.1 Å². The molecule has 0 fully saturated rings. The summed E-state index contributed by atoms with van der Waals surface area (Å²) < 4.78 is 1.91. The number of aryl methyl sites for hydroxylation is 2. The third-order valence-electron chi connectivity index (χ3n) is 5.61. The number of thiophene rings is 1. The van der Waals surface area contributed by atoms with Gasteiger partial charge in [-0.2, -0.15) is 5.26 Å². The number of aromatic nitrogens is 4. The van der Waals surface area contributed by atoms with Crippen LogP contribution in [0.1, 0.15) is 21.6 Å². The van der Waals surface area contributed by atoms with Crippen molar-refractivity contribution in [3.63, 3.8) is 0 Å². The molecule has 0 saturated carbocycles. The van der Waals surface area contributed by atoms with Crippen LogP contribution in [0.3, 0.4) is 0 Å². The first-order valence-electron chi connectivity index (χ1n) is 10.6. The van der Waals surface area contributed by atoms with E-state index >= 15 is 0 Å². The van der Waals surface area contributed by atoms with Crippen molar-refractivity contribution in [2.24, 2.45) is 0 Å². The molecule has 0 aliphatic heterocycles. The Hall–Kier alpha value is -3.74. The van der Waals surface area contributed by atoms with E-state index in [4.69, 9.17) is 4.98 Å². The molecule has 0 radical (unpaired) electrons. The van der Waals surface area contributed by atoms with Gasteiger partial charge in [0.2, 0.25) is 5.91 Å².